The molecule has 2 atom stereocenters. The number of aryl methyl sites for hydroxylation is 1. The van der Waals surface area contributed by atoms with E-state index in [1.165, 1.54) is 6.08 Å². The van der Waals surface area contributed by atoms with E-state index >= 15 is 0 Å². The first-order valence-corrected chi connectivity index (χ1v) is 9.36. The highest BCUT2D eigenvalue weighted by molar-refractivity contribution is 6.32. The number of rotatable bonds is 7. The van der Waals surface area contributed by atoms with Gasteiger partial charge in [-0.1, -0.05) is 24.6 Å². The molecule has 8 nitrogen and oxygen atoms in total. The molecular formula is C18H24ClN7O. The Morgan fingerprint density at radius 3 is 3.04 bits per heavy atom. The maximum atomic E-state index is 11.4. The summed E-state index contributed by atoms with van der Waals surface area (Å²) in [4.78, 5) is 20.1. The molecule has 1 amide bonds. The van der Waals surface area contributed by atoms with Crippen molar-refractivity contribution in [1.82, 2.24) is 25.1 Å². The van der Waals surface area contributed by atoms with Crippen molar-refractivity contribution in [3.8, 4) is 0 Å². The van der Waals surface area contributed by atoms with Gasteiger partial charge in [0.15, 0.2) is 5.82 Å². The highest BCUT2D eigenvalue weighted by Crippen LogP contribution is 2.29. The molecule has 3 rings (SSSR count). The summed E-state index contributed by atoms with van der Waals surface area (Å²) >= 11 is 6.28. The summed E-state index contributed by atoms with van der Waals surface area (Å²) in [5.41, 5.74) is 0.807. The molecule has 0 aliphatic heterocycles. The van der Waals surface area contributed by atoms with Crippen molar-refractivity contribution in [1.29, 1.82) is 0 Å². The average molecular weight is 390 g/mol. The average Bonchev–Trinajstić information content (AvgIpc) is 3.07. The molecule has 1 aliphatic carbocycles. The summed E-state index contributed by atoms with van der Waals surface area (Å²) in [6.45, 7) is 4.14. The molecule has 1 saturated carbocycles. The molecule has 0 spiro atoms. The van der Waals surface area contributed by atoms with Crippen LogP contribution in [0.25, 0.3) is 0 Å². The van der Waals surface area contributed by atoms with Gasteiger partial charge in [-0.25, -0.2) is 4.98 Å². The van der Waals surface area contributed by atoms with E-state index in [0.717, 1.165) is 31.4 Å². The first-order valence-electron chi connectivity index (χ1n) is 8.98. The van der Waals surface area contributed by atoms with E-state index in [4.69, 9.17) is 11.6 Å². The van der Waals surface area contributed by atoms with Crippen molar-refractivity contribution >= 4 is 35.0 Å². The fraction of sp³-hybridized carbons (Fsp3) is 0.444. The topological polar surface area (TPSA) is 96.8 Å². The van der Waals surface area contributed by atoms with Crippen LogP contribution in [0.2, 0.25) is 5.02 Å². The molecular weight excluding hydrogens is 366 g/mol. The molecule has 2 aromatic heterocycles. The number of halogens is 1. The third kappa shape index (κ3) is 5.43. The molecule has 2 unspecified atom stereocenters. The van der Waals surface area contributed by atoms with Gasteiger partial charge in [0.2, 0.25) is 11.9 Å². The van der Waals surface area contributed by atoms with E-state index in [1.54, 1.807) is 17.1 Å². The predicted octanol–water partition coefficient (Wildman–Crippen LogP) is 2.88. The second-order valence-corrected chi connectivity index (χ2v) is 7.15. The molecule has 0 bridgehead atoms. The number of anilines is 3. The summed E-state index contributed by atoms with van der Waals surface area (Å²) in [6, 6.07) is 0.253. The van der Waals surface area contributed by atoms with E-state index < -0.39 is 0 Å². The van der Waals surface area contributed by atoms with Crippen LogP contribution in [-0.2, 0) is 11.8 Å². The monoisotopic (exact) mass is 389 g/mol. The predicted molar refractivity (Wildman–Crippen MR) is 106 cm³/mol. The molecule has 27 heavy (non-hydrogen) atoms. The molecule has 1 fully saturated rings. The minimum absolute atomic E-state index is 0.130. The molecule has 0 saturated heterocycles. The lowest BCUT2D eigenvalue weighted by atomic mass is 9.85. The number of aromatic nitrogens is 4. The fourth-order valence-corrected chi connectivity index (χ4v) is 3.41. The molecule has 9 heteroatoms. The van der Waals surface area contributed by atoms with E-state index in [0.29, 0.717) is 29.3 Å². The Bertz CT molecular complexity index is 807. The van der Waals surface area contributed by atoms with Gasteiger partial charge in [-0.3, -0.25) is 9.48 Å². The van der Waals surface area contributed by atoms with Crippen LogP contribution < -0.4 is 16.0 Å². The summed E-state index contributed by atoms with van der Waals surface area (Å²) in [6.07, 6.45) is 10.6. The first kappa shape index (κ1) is 19.2. The van der Waals surface area contributed by atoms with E-state index in [2.05, 4.69) is 37.6 Å². The van der Waals surface area contributed by atoms with Gasteiger partial charge >= 0.3 is 0 Å². The van der Waals surface area contributed by atoms with E-state index in [-0.39, 0.29) is 11.9 Å². The number of amides is 1. The molecule has 2 heterocycles. The van der Waals surface area contributed by atoms with Gasteiger partial charge in [-0.15, -0.1) is 0 Å². The SMILES string of the molecule is C=CC(=O)NCC1CCCC(Nc2nc(Nc3cnn(C)c3)ncc2Cl)C1. The summed E-state index contributed by atoms with van der Waals surface area (Å²) < 4.78 is 1.70. The Morgan fingerprint density at radius 2 is 2.30 bits per heavy atom. The lowest BCUT2D eigenvalue weighted by Crippen LogP contribution is -2.34. The number of carbonyl (C=O) groups is 1. The molecule has 0 aromatic carbocycles. The minimum Gasteiger partial charge on any atom is -0.366 e. The zero-order chi connectivity index (χ0) is 19.2. The molecule has 3 N–H and O–H groups in total. The van der Waals surface area contributed by atoms with Crippen molar-refractivity contribution in [2.24, 2.45) is 13.0 Å². The van der Waals surface area contributed by atoms with Crippen molar-refractivity contribution in [2.45, 2.75) is 31.7 Å². The van der Waals surface area contributed by atoms with Crippen LogP contribution >= 0.6 is 11.6 Å². The smallest absolute Gasteiger partial charge is 0.243 e. The molecule has 0 radical (unpaired) electrons. The number of nitrogens with zero attached hydrogens (tertiary/aromatic N) is 4. The first-order chi connectivity index (χ1) is 13.0. The van der Waals surface area contributed by atoms with Crippen LogP contribution in [0, 0.1) is 5.92 Å². The molecule has 2 aromatic rings. The van der Waals surface area contributed by atoms with Gasteiger partial charge < -0.3 is 16.0 Å². The second-order valence-electron chi connectivity index (χ2n) is 6.74. The maximum Gasteiger partial charge on any atom is 0.243 e. The van der Waals surface area contributed by atoms with Crippen LogP contribution in [0.1, 0.15) is 25.7 Å². The third-order valence-corrected chi connectivity index (χ3v) is 4.86. The minimum atomic E-state index is -0.130. The van der Waals surface area contributed by atoms with Crippen molar-refractivity contribution in [3.05, 3.63) is 36.3 Å². The summed E-state index contributed by atoms with van der Waals surface area (Å²) in [5, 5.41) is 14.0. The third-order valence-electron chi connectivity index (χ3n) is 4.58. The van der Waals surface area contributed by atoms with Gasteiger partial charge in [0.1, 0.15) is 5.02 Å². The lowest BCUT2D eigenvalue weighted by molar-refractivity contribution is -0.116. The molecule has 1 aliphatic rings. The number of hydrogen-bond acceptors (Lipinski definition) is 6. The van der Waals surface area contributed by atoms with Gasteiger partial charge in [-0.05, 0) is 31.3 Å². The number of carbonyl (C=O) groups excluding carboxylic acids is 1. The van der Waals surface area contributed by atoms with Gasteiger partial charge in [0.05, 0.1) is 18.1 Å². The number of hydrogen-bond donors (Lipinski definition) is 3. The number of nitrogens with one attached hydrogen (secondary N) is 3. The summed E-state index contributed by atoms with van der Waals surface area (Å²) in [5.74, 6) is 1.36. The highest BCUT2D eigenvalue weighted by atomic mass is 35.5. The maximum absolute atomic E-state index is 11.4. The zero-order valence-corrected chi connectivity index (χ0v) is 16.0. The largest absolute Gasteiger partial charge is 0.366 e. The Labute approximate surface area is 163 Å². The fourth-order valence-electron chi connectivity index (χ4n) is 3.26. The Hall–Kier alpha value is -2.61. The summed E-state index contributed by atoms with van der Waals surface area (Å²) in [7, 11) is 1.85. The van der Waals surface area contributed by atoms with E-state index in [9.17, 15) is 4.79 Å². The molecule has 144 valence electrons. The van der Waals surface area contributed by atoms with Crippen LogP contribution in [0.3, 0.4) is 0 Å². The standard InChI is InChI=1S/C18H24ClN7O/c1-3-16(27)20-8-12-5-4-6-13(7-12)23-17-15(19)10-21-18(25-17)24-14-9-22-26(2)11-14/h3,9-13H,1,4-8H2,2H3,(H,20,27)(H2,21,23,24,25). The van der Waals surface area contributed by atoms with Gasteiger partial charge in [0.25, 0.3) is 0 Å². The van der Waals surface area contributed by atoms with Crippen molar-refractivity contribution in [3.63, 3.8) is 0 Å². The van der Waals surface area contributed by atoms with Gasteiger partial charge in [0, 0.05) is 25.8 Å². The second kappa shape index (κ2) is 8.85. The Morgan fingerprint density at radius 1 is 1.44 bits per heavy atom. The zero-order valence-electron chi connectivity index (χ0n) is 15.3. The Kier molecular flexibility index (Phi) is 6.28. The van der Waals surface area contributed by atoms with E-state index in [1.807, 2.05) is 13.2 Å². The van der Waals surface area contributed by atoms with Crippen molar-refractivity contribution in [2.75, 3.05) is 17.2 Å². The highest BCUT2D eigenvalue weighted by Gasteiger charge is 2.23. The van der Waals surface area contributed by atoms with Crippen LogP contribution in [-0.4, -0.2) is 38.2 Å². The van der Waals surface area contributed by atoms with Crippen LogP contribution in [0.4, 0.5) is 17.5 Å². The van der Waals surface area contributed by atoms with Crippen molar-refractivity contribution < 1.29 is 4.79 Å². The Balaban J connectivity index is 1.61. The van der Waals surface area contributed by atoms with Crippen LogP contribution in [0.15, 0.2) is 31.2 Å². The quantitative estimate of drug-likeness (QED) is 0.630. The lowest BCUT2D eigenvalue weighted by Gasteiger charge is -2.30. The van der Waals surface area contributed by atoms with Crippen LogP contribution in [0.5, 0.6) is 0 Å². The normalized spacial score (nSPS) is 19.3. The van der Waals surface area contributed by atoms with Gasteiger partial charge in [-0.2, -0.15) is 10.1 Å².